The average Bonchev–Trinajstić information content (AvgIpc) is 3.41. The first-order chi connectivity index (χ1) is 13.3. The Hall–Kier alpha value is -3.15. The molecule has 0 radical (unpaired) electrons. The lowest BCUT2D eigenvalue weighted by atomic mass is 10.0. The molecule has 2 aliphatic rings. The fourth-order valence-corrected chi connectivity index (χ4v) is 4.13. The standard InChI is InChI=1S/C21H21N5O/c27-21-17-12-6-7-13-18(17)23-20(25(21)15-8-4-5-9-15)19-14-22-26(24-19)16-10-2-1-3-11-16/h1-3,6-7,10-15,20,23H,4-5,8-9H2/t20-/m0/s1. The largest absolute Gasteiger partial charge is 0.359 e. The maximum atomic E-state index is 13.3. The van der Waals surface area contributed by atoms with Crippen molar-refractivity contribution < 1.29 is 4.79 Å². The van der Waals surface area contributed by atoms with Gasteiger partial charge in [-0.25, -0.2) is 0 Å². The molecule has 0 saturated heterocycles. The molecular weight excluding hydrogens is 338 g/mol. The van der Waals surface area contributed by atoms with Gasteiger partial charge in [0.15, 0.2) is 0 Å². The second-order valence-electron chi connectivity index (χ2n) is 7.14. The number of hydrogen-bond donors (Lipinski definition) is 1. The number of fused-ring (bicyclic) bond motifs is 1. The van der Waals surface area contributed by atoms with Crippen molar-refractivity contribution in [3.8, 4) is 5.69 Å². The van der Waals surface area contributed by atoms with Gasteiger partial charge in [0.1, 0.15) is 11.9 Å². The van der Waals surface area contributed by atoms with Crippen molar-refractivity contribution >= 4 is 11.6 Å². The van der Waals surface area contributed by atoms with Crippen molar-refractivity contribution in [3.05, 3.63) is 72.1 Å². The van der Waals surface area contributed by atoms with E-state index in [-0.39, 0.29) is 18.1 Å². The molecule has 3 aromatic rings. The number of nitrogens with zero attached hydrogens (tertiary/aromatic N) is 4. The van der Waals surface area contributed by atoms with Gasteiger partial charge in [-0.2, -0.15) is 9.90 Å². The van der Waals surface area contributed by atoms with E-state index in [1.165, 1.54) is 12.8 Å². The zero-order chi connectivity index (χ0) is 18.2. The molecule has 6 heteroatoms. The SMILES string of the molecule is O=C1c2ccccc2N[C@H](c2cnn(-c3ccccc3)n2)N1C1CCCC1. The molecular formula is C21H21N5O. The maximum Gasteiger partial charge on any atom is 0.258 e. The number of amides is 1. The zero-order valence-corrected chi connectivity index (χ0v) is 15.0. The van der Waals surface area contributed by atoms with Gasteiger partial charge in [0.05, 0.1) is 17.4 Å². The molecule has 1 atom stereocenters. The molecule has 1 N–H and O–H groups in total. The molecule has 2 heterocycles. The Morgan fingerprint density at radius 1 is 0.963 bits per heavy atom. The van der Waals surface area contributed by atoms with Gasteiger partial charge in [0.25, 0.3) is 5.91 Å². The van der Waals surface area contributed by atoms with Gasteiger partial charge in [-0.3, -0.25) is 4.79 Å². The monoisotopic (exact) mass is 359 g/mol. The number of hydrogen-bond acceptors (Lipinski definition) is 4. The summed E-state index contributed by atoms with van der Waals surface area (Å²) in [6.07, 6.45) is 5.87. The van der Waals surface area contributed by atoms with E-state index < -0.39 is 0 Å². The normalized spacial score (nSPS) is 19.8. The van der Waals surface area contributed by atoms with E-state index in [9.17, 15) is 4.79 Å². The topological polar surface area (TPSA) is 63.1 Å². The lowest BCUT2D eigenvalue weighted by Gasteiger charge is -2.40. The third kappa shape index (κ3) is 2.77. The van der Waals surface area contributed by atoms with Crippen LogP contribution in [0.3, 0.4) is 0 Å². The van der Waals surface area contributed by atoms with E-state index in [0.29, 0.717) is 0 Å². The molecule has 1 aromatic heterocycles. The van der Waals surface area contributed by atoms with Gasteiger partial charge in [-0.1, -0.05) is 43.2 Å². The molecule has 1 aliphatic heterocycles. The van der Waals surface area contributed by atoms with Crippen LogP contribution in [0.5, 0.6) is 0 Å². The fourth-order valence-electron chi connectivity index (χ4n) is 4.13. The highest BCUT2D eigenvalue weighted by molar-refractivity contribution is 6.01. The molecule has 27 heavy (non-hydrogen) atoms. The third-order valence-corrected chi connectivity index (χ3v) is 5.46. The summed E-state index contributed by atoms with van der Waals surface area (Å²) in [6, 6.07) is 17.8. The van der Waals surface area contributed by atoms with Gasteiger partial charge < -0.3 is 10.2 Å². The van der Waals surface area contributed by atoms with Crippen LogP contribution in [-0.2, 0) is 0 Å². The number of aromatic nitrogens is 3. The van der Waals surface area contributed by atoms with Gasteiger partial charge in [0, 0.05) is 11.7 Å². The maximum absolute atomic E-state index is 13.3. The number of carbonyl (C=O) groups excluding carboxylic acids is 1. The lowest BCUT2D eigenvalue weighted by molar-refractivity contribution is 0.0579. The summed E-state index contributed by atoms with van der Waals surface area (Å²) in [5.41, 5.74) is 3.25. The van der Waals surface area contributed by atoms with Crippen LogP contribution in [-0.4, -0.2) is 31.8 Å². The molecule has 1 saturated carbocycles. The number of benzene rings is 2. The Bertz CT molecular complexity index is 961. The van der Waals surface area contributed by atoms with E-state index >= 15 is 0 Å². The van der Waals surface area contributed by atoms with Crippen LogP contribution in [0.2, 0.25) is 0 Å². The van der Waals surface area contributed by atoms with E-state index in [1.807, 2.05) is 59.5 Å². The third-order valence-electron chi connectivity index (χ3n) is 5.46. The molecule has 0 unspecified atom stereocenters. The molecule has 0 spiro atoms. The highest BCUT2D eigenvalue weighted by Gasteiger charge is 2.39. The van der Waals surface area contributed by atoms with Crippen molar-refractivity contribution in [2.24, 2.45) is 0 Å². The number of nitrogens with one attached hydrogen (secondary N) is 1. The zero-order valence-electron chi connectivity index (χ0n) is 15.0. The summed E-state index contributed by atoms with van der Waals surface area (Å²) in [6.45, 7) is 0. The van der Waals surface area contributed by atoms with E-state index in [1.54, 1.807) is 11.0 Å². The summed E-state index contributed by atoms with van der Waals surface area (Å²) >= 11 is 0. The van der Waals surface area contributed by atoms with Crippen molar-refractivity contribution in [1.29, 1.82) is 0 Å². The van der Waals surface area contributed by atoms with Crippen LogP contribution in [0.4, 0.5) is 5.69 Å². The molecule has 6 nitrogen and oxygen atoms in total. The number of para-hydroxylation sites is 2. The molecule has 1 aliphatic carbocycles. The molecule has 1 fully saturated rings. The van der Waals surface area contributed by atoms with Crippen molar-refractivity contribution in [1.82, 2.24) is 19.9 Å². The Labute approximate surface area is 157 Å². The van der Waals surface area contributed by atoms with Crippen molar-refractivity contribution in [2.75, 3.05) is 5.32 Å². The van der Waals surface area contributed by atoms with Crippen LogP contribution in [0, 0.1) is 0 Å². The predicted molar refractivity (Wildman–Crippen MR) is 103 cm³/mol. The van der Waals surface area contributed by atoms with Crippen LogP contribution < -0.4 is 5.32 Å². The first kappa shape index (κ1) is 16.1. The molecule has 0 bridgehead atoms. The molecule has 1 amide bonds. The average molecular weight is 359 g/mol. The summed E-state index contributed by atoms with van der Waals surface area (Å²) in [7, 11) is 0. The van der Waals surface area contributed by atoms with Crippen LogP contribution in [0.15, 0.2) is 60.8 Å². The highest BCUT2D eigenvalue weighted by Crippen LogP contribution is 2.37. The molecule has 2 aromatic carbocycles. The smallest absolute Gasteiger partial charge is 0.258 e. The Balaban J connectivity index is 1.55. The minimum Gasteiger partial charge on any atom is -0.359 e. The molecule has 5 rings (SSSR count). The van der Waals surface area contributed by atoms with E-state index in [2.05, 4.69) is 15.5 Å². The minimum atomic E-state index is -0.298. The predicted octanol–water partition coefficient (Wildman–Crippen LogP) is 3.78. The van der Waals surface area contributed by atoms with Crippen LogP contribution in [0.1, 0.15) is 47.9 Å². The fraction of sp³-hybridized carbons (Fsp3) is 0.286. The summed E-state index contributed by atoms with van der Waals surface area (Å²) in [4.78, 5) is 16.9. The first-order valence-electron chi connectivity index (χ1n) is 9.47. The number of anilines is 1. The van der Waals surface area contributed by atoms with Gasteiger partial charge in [-0.05, 0) is 37.1 Å². The summed E-state index contributed by atoms with van der Waals surface area (Å²) in [5, 5.41) is 12.6. The first-order valence-corrected chi connectivity index (χ1v) is 9.47. The number of carbonyl (C=O) groups is 1. The van der Waals surface area contributed by atoms with E-state index in [0.717, 1.165) is 35.5 Å². The van der Waals surface area contributed by atoms with Crippen LogP contribution >= 0.6 is 0 Å². The minimum absolute atomic E-state index is 0.0792. The van der Waals surface area contributed by atoms with Gasteiger partial charge in [-0.15, -0.1) is 5.10 Å². The second-order valence-corrected chi connectivity index (χ2v) is 7.14. The van der Waals surface area contributed by atoms with Gasteiger partial charge in [0.2, 0.25) is 0 Å². The number of rotatable bonds is 3. The quantitative estimate of drug-likeness (QED) is 0.773. The van der Waals surface area contributed by atoms with Crippen molar-refractivity contribution in [3.63, 3.8) is 0 Å². The Kier molecular flexibility index (Phi) is 3.89. The summed E-state index contributed by atoms with van der Waals surface area (Å²) in [5.74, 6) is 0.0792. The summed E-state index contributed by atoms with van der Waals surface area (Å²) < 4.78 is 0. The van der Waals surface area contributed by atoms with Crippen molar-refractivity contribution in [2.45, 2.75) is 37.9 Å². The lowest BCUT2D eigenvalue weighted by Crippen LogP contribution is -2.48. The van der Waals surface area contributed by atoms with Crippen LogP contribution in [0.25, 0.3) is 5.69 Å². The Morgan fingerprint density at radius 2 is 1.70 bits per heavy atom. The van der Waals surface area contributed by atoms with E-state index in [4.69, 9.17) is 0 Å². The molecule has 136 valence electrons. The van der Waals surface area contributed by atoms with Gasteiger partial charge >= 0.3 is 0 Å². The second kappa shape index (κ2) is 6.54. The Morgan fingerprint density at radius 3 is 2.52 bits per heavy atom. The highest BCUT2D eigenvalue weighted by atomic mass is 16.2.